The highest BCUT2D eigenvalue weighted by Crippen LogP contribution is 2.13. The smallest absolute Gasteiger partial charge is 0.283 e. The van der Waals surface area contributed by atoms with Crippen LogP contribution in [0.25, 0.3) is 10.9 Å². The summed E-state index contributed by atoms with van der Waals surface area (Å²) in [6.45, 7) is 0.217. The molecule has 30 heavy (non-hydrogen) atoms. The molecule has 1 heterocycles. The third-order valence-electron chi connectivity index (χ3n) is 4.52. The zero-order valence-electron chi connectivity index (χ0n) is 15.8. The molecule has 148 valence electrons. The molecule has 1 aromatic heterocycles. The fourth-order valence-corrected chi connectivity index (χ4v) is 3.23. The Bertz CT molecular complexity index is 1300. The Balaban J connectivity index is 1.71. The van der Waals surface area contributed by atoms with E-state index >= 15 is 0 Å². The van der Waals surface area contributed by atoms with Crippen molar-refractivity contribution in [3.63, 3.8) is 0 Å². The molecule has 0 saturated carbocycles. The van der Waals surface area contributed by atoms with E-state index < -0.39 is 5.91 Å². The second kappa shape index (κ2) is 8.71. The summed E-state index contributed by atoms with van der Waals surface area (Å²) in [5.41, 5.74) is 4.15. The van der Waals surface area contributed by atoms with Crippen LogP contribution in [0.4, 0.5) is 0 Å². The van der Waals surface area contributed by atoms with E-state index in [9.17, 15) is 9.59 Å². The number of aromatic nitrogens is 2. The second-order valence-electron chi connectivity index (χ2n) is 6.55. The highest BCUT2D eigenvalue weighted by atomic mass is 35.5. The monoisotopic (exact) mass is 416 g/mol. The van der Waals surface area contributed by atoms with Gasteiger partial charge in [0, 0.05) is 10.6 Å². The maximum atomic E-state index is 13.1. The highest BCUT2D eigenvalue weighted by Gasteiger charge is 2.17. The Morgan fingerprint density at radius 2 is 1.70 bits per heavy atom. The molecule has 1 amide bonds. The topological polar surface area (TPSA) is 76.3 Å². The molecule has 6 nitrogen and oxygen atoms in total. The van der Waals surface area contributed by atoms with E-state index in [1.165, 1.54) is 10.8 Å². The maximum Gasteiger partial charge on any atom is 0.307 e. The third-order valence-corrected chi connectivity index (χ3v) is 4.87. The number of hydrazone groups is 1. The first-order valence-electron chi connectivity index (χ1n) is 9.25. The molecule has 4 aromatic rings. The lowest BCUT2D eigenvalue weighted by Crippen LogP contribution is -2.32. The van der Waals surface area contributed by atoms with Crippen molar-refractivity contribution in [3.8, 4) is 0 Å². The minimum absolute atomic E-state index is 0.0149. The summed E-state index contributed by atoms with van der Waals surface area (Å²) in [5, 5.41) is 4.94. The van der Waals surface area contributed by atoms with Gasteiger partial charge in [0.1, 0.15) is 0 Å². The Morgan fingerprint density at radius 1 is 1.00 bits per heavy atom. The van der Waals surface area contributed by atoms with Crippen molar-refractivity contribution in [3.05, 3.63) is 111 Å². The van der Waals surface area contributed by atoms with Crippen molar-refractivity contribution in [2.24, 2.45) is 5.10 Å². The number of carbonyl (C=O) groups is 1. The van der Waals surface area contributed by atoms with Crippen molar-refractivity contribution in [1.29, 1.82) is 0 Å². The number of nitrogens with zero attached hydrogens (tertiary/aromatic N) is 3. The molecule has 0 atom stereocenters. The normalized spacial score (nSPS) is 11.1. The van der Waals surface area contributed by atoms with Crippen molar-refractivity contribution in [1.82, 2.24) is 15.0 Å². The van der Waals surface area contributed by atoms with Crippen LogP contribution in [0.1, 0.15) is 21.7 Å². The van der Waals surface area contributed by atoms with Crippen LogP contribution >= 0.6 is 11.6 Å². The van der Waals surface area contributed by atoms with E-state index in [1.54, 1.807) is 42.5 Å². The number of nitrogens with one attached hydrogen (secondary N) is 1. The first-order valence-corrected chi connectivity index (χ1v) is 9.63. The van der Waals surface area contributed by atoms with Gasteiger partial charge in [0.05, 0.1) is 23.7 Å². The number of hydrogen-bond acceptors (Lipinski definition) is 4. The summed E-state index contributed by atoms with van der Waals surface area (Å²) in [7, 11) is 0. The number of carbonyl (C=O) groups excluding carboxylic acids is 1. The zero-order valence-corrected chi connectivity index (χ0v) is 16.6. The molecule has 1 N–H and O–H groups in total. The van der Waals surface area contributed by atoms with Crippen molar-refractivity contribution in [2.45, 2.75) is 6.54 Å². The first-order chi connectivity index (χ1) is 14.6. The van der Waals surface area contributed by atoms with Gasteiger partial charge < -0.3 is 0 Å². The van der Waals surface area contributed by atoms with Crippen LogP contribution in [0.5, 0.6) is 0 Å². The highest BCUT2D eigenvalue weighted by molar-refractivity contribution is 6.33. The van der Waals surface area contributed by atoms with Gasteiger partial charge in [0.2, 0.25) is 5.82 Å². The summed E-state index contributed by atoms with van der Waals surface area (Å²) >= 11 is 6.10. The molecule has 0 saturated heterocycles. The Hall–Kier alpha value is -3.77. The number of fused-ring (bicyclic) bond motifs is 1. The fourth-order valence-electron chi connectivity index (χ4n) is 3.04. The summed E-state index contributed by atoms with van der Waals surface area (Å²) in [5.74, 6) is -0.601. The molecular formula is C23H17ClN4O2. The molecule has 0 unspecified atom stereocenters. The van der Waals surface area contributed by atoms with Crippen LogP contribution in [-0.2, 0) is 6.54 Å². The molecule has 0 aliphatic heterocycles. The van der Waals surface area contributed by atoms with E-state index in [4.69, 9.17) is 11.6 Å². The second-order valence-corrected chi connectivity index (χ2v) is 6.96. The van der Waals surface area contributed by atoms with Gasteiger partial charge in [-0.3, -0.25) is 14.2 Å². The van der Waals surface area contributed by atoms with E-state index in [1.807, 2.05) is 36.4 Å². The van der Waals surface area contributed by atoms with Gasteiger partial charge in [0.15, 0.2) is 0 Å². The minimum Gasteiger partial charge on any atom is -0.283 e. The van der Waals surface area contributed by atoms with Gasteiger partial charge in [-0.15, -0.1) is 0 Å². The lowest BCUT2D eigenvalue weighted by Gasteiger charge is -2.12. The van der Waals surface area contributed by atoms with Gasteiger partial charge in [-0.25, -0.2) is 10.4 Å². The quantitative estimate of drug-likeness (QED) is 0.396. The lowest BCUT2D eigenvalue weighted by molar-refractivity contribution is 0.0939. The van der Waals surface area contributed by atoms with Crippen molar-refractivity contribution >= 4 is 34.6 Å². The summed E-state index contributed by atoms with van der Waals surface area (Å²) in [4.78, 5) is 30.4. The minimum atomic E-state index is -0.586. The molecular weight excluding hydrogens is 400 g/mol. The Kier molecular flexibility index (Phi) is 5.68. The molecule has 0 spiro atoms. The van der Waals surface area contributed by atoms with Gasteiger partial charge in [-0.1, -0.05) is 72.3 Å². The number of rotatable bonds is 5. The molecule has 7 heteroatoms. The fraction of sp³-hybridized carbons (Fsp3) is 0.0435. The van der Waals surface area contributed by atoms with Crippen LogP contribution < -0.4 is 11.0 Å². The van der Waals surface area contributed by atoms with Crippen LogP contribution in [0.2, 0.25) is 5.02 Å². The molecule has 0 aliphatic carbocycles. The van der Waals surface area contributed by atoms with Crippen LogP contribution in [0.15, 0.2) is 88.8 Å². The molecule has 0 radical (unpaired) electrons. The van der Waals surface area contributed by atoms with Gasteiger partial charge in [-0.2, -0.15) is 5.10 Å². The van der Waals surface area contributed by atoms with E-state index in [0.717, 1.165) is 5.56 Å². The number of halogens is 1. The number of hydrogen-bond donors (Lipinski definition) is 1. The summed E-state index contributed by atoms with van der Waals surface area (Å²) < 4.78 is 1.36. The average molecular weight is 417 g/mol. The van der Waals surface area contributed by atoms with Crippen molar-refractivity contribution < 1.29 is 4.79 Å². The maximum absolute atomic E-state index is 13.1. The SMILES string of the molecule is O=C(N/N=C\c1ccccc1Cl)c1nc2ccccc2c(=O)n1Cc1ccccc1. The predicted molar refractivity (Wildman–Crippen MR) is 118 cm³/mol. The number of benzene rings is 3. The number of amides is 1. The van der Waals surface area contributed by atoms with Gasteiger partial charge >= 0.3 is 5.91 Å². The summed E-state index contributed by atoms with van der Waals surface area (Å²) in [6, 6.07) is 23.5. The third kappa shape index (κ3) is 4.14. The van der Waals surface area contributed by atoms with Gasteiger partial charge in [-0.05, 0) is 23.8 Å². The first kappa shape index (κ1) is 19.5. The zero-order chi connectivity index (χ0) is 20.9. The van der Waals surface area contributed by atoms with E-state index in [2.05, 4.69) is 15.5 Å². The van der Waals surface area contributed by atoms with Crippen LogP contribution in [-0.4, -0.2) is 21.7 Å². The Morgan fingerprint density at radius 3 is 2.50 bits per heavy atom. The molecule has 0 aliphatic rings. The van der Waals surface area contributed by atoms with Crippen LogP contribution in [0, 0.1) is 0 Å². The van der Waals surface area contributed by atoms with E-state index in [-0.39, 0.29) is 17.9 Å². The predicted octanol–water partition coefficient (Wildman–Crippen LogP) is 3.86. The van der Waals surface area contributed by atoms with Gasteiger partial charge in [0.25, 0.3) is 5.56 Å². The number of para-hydroxylation sites is 1. The standard InChI is InChI=1S/C23H17ClN4O2/c24-19-12-6-4-10-17(19)14-25-27-22(29)21-26-20-13-7-5-11-18(20)23(30)28(21)15-16-8-2-1-3-9-16/h1-14H,15H2,(H,27,29)/b25-14-. The Labute approximate surface area is 177 Å². The van der Waals surface area contributed by atoms with E-state index in [0.29, 0.717) is 21.5 Å². The molecule has 4 rings (SSSR count). The molecule has 0 bridgehead atoms. The molecule has 3 aromatic carbocycles. The average Bonchev–Trinajstić information content (AvgIpc) is 2.77. The van der Waals surface area contributed by atoms with Crippen LogP contribution in [0.3, 0.4) is 0 Å². The largest absolute Gasteiger partial charge is 0.307 e. The molecule has 0 fully saturated rings. The van der Waals surface area contributed by atoms with Crippen molar-refractivity contribution in [2.75, 3.05) is 0 Å². The lowest BCUT2D eigenvalue weighted by atomic mass is 10.2. The summed E-state index contributed by atoms with van der Waals surface area (Å²) in [6.07, 6.45) is 1.45.